The molecule has 0 N–H and O–H groups in total. The largest absolute Gasteiger partial charge is 0.406 e. The zero-order chi connectivity index (χ0) is 13.7. The van der Waals surface area contributed by atoms with Crippen molar-refractivity contribution in [1.29, 1.82) is 5.26 Å². The number of nitriles is 1. The van der Waals surface area contributed by atoms with Crippen LogP contribution in [0.4, 0.5) is 0 Å². The summed E-state index contributed by atoms with van der Waals surface area (Å²) in [7, 11) is 2.72. The predicted octanol–water partition coefficient (Wildman–Crippen LogP) is 0.808. The number of rotatable bonds is 3. The summed E-state index contributed by atoms with van der Waals surface area (Å²) in [5.41, 5.74) is -0.272. The number of aromatic nitrogens is 1. The Morgan fingerprint density at radius 2 is 1.95 bits per heavy atom. The lowest BCUT2D eigenvalue weighted by Gasteiger charge is -2.30. The van der Waals surface area contributed by atoms with Crippen molar-refractivity contribution in [3.63, 3.8) is 0 Å². The zero-order valence-electron chi connectivity index (χ0n) is 10.5. The molecule has 1 aromatic heterocycles. The normalized spacial score (nSPS) is 34.3. The highest BCUT2D eigenvalue weighted by Gasteiger charge is 2.87. The van der Waals surface area contributed by atoms with Gasteiger partial charge in [-0.1, -0.05) is 0 Å². The number of fused-ring (bicyclic) bond motifs is 1. The van der Waals surface area contributed by atoms with E-state index in [4.69, 9.17) is 14.2 Å². The number of cyclic esters (lactones) is 1. The van der Waals surface area contributed by atoms with Crippen molar-refractivity contribution >= 4 is 5.97 Å². The molecule has 2 heterocycles. The molecule has 0 amide bonds. The van der Waals surface area contributed by atoms with Crippen LogP contribution in [-0.2, 0) is 19.0 Å². The Balaban J connectivity index is 2.09. The summed E-state index contributed by atoms with van der Waals surface area (Å²) in [5.74, 6) is -2.94. The van der Waals surface area contributed by atoms with Crippen molar-refractivity contribution in [2.45, 2.75) is 11.9 Å². The molecule has 98 valence electrons. The summed E-state index contributed by atoms with van der Waals surface area (Å²) >= 11 is 0. The lowest BCUT2D eigenvalue weighted by atomic mass is 9.98. The van der Waals surface area contributed by atoms with Crippen molar-refractivity contribution < 1.29 is 19.0 Å². The van der Waals surface area contributed by atoms with Crippen LogP contribution in [0.3, 0.4) is 0 Å². The summed E-state index contributed by atoms with van der Waals surface area (Å²) in [6.07, 6.45) is 3.25. The van der Waals surface area contributed by atoms with E-state index in [1.807, 2.05) is 0 Å². The number of methoxy groups -OCH3 is 2. The molecular weight excluding hydrogens is 248 g/mol. The van der Waals surface area contributed by atoms with Crippen LogP contribution < -0.4 is 0 Å². The zero-order valence-corrected chi connectivity index (χ0v) is 10.5. The van der Waals surface area contributed by atoms with Gasteiger partial charge in [-0.15, -0.1) is 0 Å². The Morgan fingerprint density at radius 1 is 1.32 bits per heavy atom. The summed E-state index contributed by atoms with van der Waals surface area (Å²) < 4.78 is 15.6. The molecule has 0 spiro atoms. The number of carbonyl (C=O) groups is 1. The molecule has 0 bridgehead atoms. The van der Waals surface area contributed by atoms with E-state index in [9.17, 15) is 10.1 Å². The van der Waals surface area contributed by atoms with Gasteiger partial charge in [0.05, 0.1) is 12.0 Å². The predicted molar refractivity (Wildman–Crippen MR) is 61.4 cm³/mol. The van der Waals surface area contributed by atoms with Gasteiger partial charge >= 0.3 is 11.9 Å². The maximum Gasteiger partial charge on any atom is 0.349 e. The molecule has 0 radical (unpaired) electrons. The first-order chi connectivity index (χ1) is 9.16. The Hall–Kier alpha value is -1.97. The molecule has 6 heteroatoms. The van der Waals surface area contributed by atoms with E-state index in [1.165, 1.54) is 14.2 Å². The second-order valence-corrected chi connectivity index (χ2v) is 4.60. The quantitative estimate of drug-likeness (QED) is 0.591. The lowest BCUT2D eigenvalue weighted by Crippen LogP contribution is -2.44. The molecule has 1 saturated heterocycles. The smallest absolute Gasteiger partial charge is 0.349 e. The molecule has 3 atom stereocenters. The maximum atomic E-state index is 11.9. The number of hydrogen-bond acceptors (Lipinski definition) is 6. The topological polar surface area (TPSA) is 81.4 Å². The van der Waals surface area contributed by atoms with Gasteiger partial charge in [0.1, 0.15) is 0 Å². The summed E-state index contributed by atoms with van der Waals surface area (Å²) in [4.78, 5) is 15.9. The van der Waals surface area contributed by atoms with E-state index in [1.54, 1.807) is 24.5 Å². The molecule has 0 unspecified atom stereocenters. The first kappa shape index (κ1) is 12.1. The summed E-state index contributed by atoms with van der Waals surface area (Å²) in [6.45, 7) is 0. The Bertz CT molecular complexity index is 564. The van der Waals surface area contributed by atoms with Crippen LogP contribution in [0, 0.1) is 22.7 Å². The fourth-order valence-electron chi connectivity index (χ4n) is 3.11. The molecule has 1 aliphatic carbocycles. The van der Waals surface area contributed by atoms with E-state index < -0.39 is 23.3 Å². The summed E-state index contributed by atoms with van der Waals surface area (Å²) in [6, 6.07) is 5.74. The van der Waals surface area contributed by atoms with Gasteiger partial charge in [0.25, 0.3) is 0 Å². The van der Waals surface area contributed by atoms with E-state index in [0.717, 1.165) is 5.56 Å². The van der Waals surface area contributed by atoms with Crippen LogP contribution in [0.2, 0.25) is 0 Å². The van der Waals surface area contributed by atoms with Crippen LogP contribution in [0.1, 0.15) is 11.5 Å². The van der Waals surface area contributed by atoms with Crippen molar-refractivity contribution in [3.05, 3.63) is 30.1 Å². The van der Waals surface area contributed by atoms with Crippen LogP contribution in [-0.4, -0.2) is 31.1 Å². The number of pyridine rings is 1. The minimum atomic E-state index is -1.63. The highest BCUT2D eigenvalue weighted by molar-refractivity contribution is 5.85. The van der Waals surface area contributed by atoms with Gasteiger partial charge in [0.15, 0.2) is 5.41 Å². The minimum absolute atomic E-state index is 0.290. The Labute approximate surface area is 109 Å². The molecular formula is C13H12N2O4. The van der Waals surface area contributed by atoms with Gasteiger partial charge in [-0.25, -0.2) is 0 Å². The van der Waals surface area contributed by atoms with Gasteiger partial charge in [0, 0.05) is 32.5 Å². The molecule has 0 aromatic carbocycles. The van der Waals surface area contributed by atoms with Gasteiger partial charge in [-0.2, -0.15) is 5.26 Å². The lowest BCUT2D eigenvalue weighted by molar-refractivity contribution is -0.356. The number of hydrogen-bond donors (Lipinski definition) is 0. The van der Waals surface area contributed by atoms with Crippen molar-refractivity contribution in [2.75, 3.05) is 14.2 Å². The first-order valence-corrected chi connectivity index (χ1v) is 5.81. The third-order valence-corrected chi connectivity index (χ3v) is 3.99. The maximum absolute atomic E-state index is 11.9. The van der Waals surface area contributed by atoms with Crippen LogP contribution >= 0.6 is 0 Å². The molecule has 1 aliphatic heterocycles. The average molecular weight is 260 g/mol. The average Bonchev–Trinajstić information content (AvgIpc) is 3.10. The second kappa shape index (κ2) is 3.76. The molecule has 6 nitrogen and oxygen atoms in total. The number of esters is 1. The van der Waals surface area contributed by atoms with E-state index >= 15 is 0 Å². The van der Waals surface area contributed by atoms with Crippen molar-refractivity contribution in [1.82, 2.24) is 4.98 Å². The van der Waals surface area contributed by atoms with Crippen molar-refractivity contribution in [2.24, 2.45) is 11.3 Å². The molecule has 2 fully saturated rings. The standard InChI is InChI=1S/C13H12N2O4/c1-17-13(18-2)12(7-14)9(10(12)11(16)19-13)8-3-5-15-6-4-8/h3-6,9-10H,1-2H3/t9-,10+,12+/m1/s1. The summed E-state index contributed by atoms with van der Waals surface area (Å²) in [5, 5.41) is 9.56. The molecule has 3 rings (SSSR count). The highest BCUT2D eigenvalue weighted by atomic mass is 16.9. The highest BCUT2D eigenvalue weighted by Crippen LogP contribution is 2.74. The van der Waals surface area contributed by atoms with E-state index in [0.29, 0.717) is 0 Å². The molecule has 2 aliphatic rings. The SMILES string of the molecule is COC1(OC)OC(=O)[C@@H]2[C@@H](c3ccncc3)[C@@]21C#N. The first-order valence-electron chi connectivity index (χ1n) is 5.81. The fourth-order valence-corrected chi connectivity index (χ4v) is 3.11. The second-order valence-electron chi connectivity index (χ2n) is 4.60. The van der Waals surface area contributed by atoms with Crippen molar-refractivity contribution in [3.8, 4) is 6.07 Å². The third-order valence-electron chi connectivity index (χ3n) is 3.99. The Morgan fingerprint density at radius 3 is 2.47 bits per heavy atom. The van der Waals surface area contributed by atoms with Gasteiger partial charge in [-0.3, -0.25) is 9.78 Å². The van der Waals surface area contributed by atoms with Gasteiger partial charge in [0.2, 0.25) is 0 Å². The number of nitrogens with zero attached hydrogens (tertiary/aromatic N) is 2. The van der Waals surface area contributed by atoms with Crippen LogP contribution in [0.25, 0.3) is 0 Å². The Kier molecular flexibility index (Phi) is 2.39. The minimum Gasteiger partial charge on any atom is -0.406 e. The monoisotopic (exact) mass is 260 g/mol. The molecule has 19 heavy (non-hydrogen) atoms. The molecule has 1 aromatic rings. The fraction of sp³-hybridized carbons (Fsp3) is 0.462. The number of ether oxygens (including phenoxy) is 3. The van der Waals surface area contributed by atoms with Crippen LogP contribution in [0.5, 0.6) is 0 Å². The van der Waals surface area contributed by atoms with Gasteiger partial charge < -0.3 is 14.2 Å². The van der Waals surface area contributed by atoms with Gasteiger partial charge in [-0.05, 0) is 17.7 Å². The van der Waals surface area contributed by atoms with E-state index in [-0.39, 0.29) is 5.92 Å². The van der Waals surface area contributed by atoms with Crippen LogP contribution in [0.15, 0.2) is 24.5 Å². The van der Waals surface area contributed by atoms with E-state index in [2.05, 4.69) is 11.1 Å². The third kappa shape index (κ3) is 1.21. The number of carbonyl (C=O) groups excluding carboxylic acids is 1. The molecule has 1 saturated carbocycles.